The molecular formula is C24H20N2O4S2. The molecular weight excluding hydrogens is 444 g/mol. The van der Waals surface area contributed by atoms with E-state index in [1.807, 2.05) is 36.6 Å². The zero-order valence-electron chi connectivity index (χ0n) is 17.5. The number of ether oxygens (including phenoxy) is 2. The van der Waals surface area contributed by atoms with E-state index in [1.165, 1.54) is 17.4 Å². The van der Waals surface area contributed by atoms with E-state index >= 15 is 0 Å². The van der Waals surface area contributed by atoms with Crippen LogP contribution in [0.3, 0.4) is 0 Å². The first-order chi connectivity index (χ1) is 15.5. The summed E-state index contributed by atoms with van der Waals surface area (Å²) in [6, 6.07) is 14.3. The highest BCUT2D eigenvalue weighted by Gasteiger charge is 2.04. The van der Waals surface area contributed by atoms with Gasteiger partial charge in [0, 0.05) is 17.0 Å². The van der Waals surface area contributed by atoms with E-state index in [2.05, 4.69) is 9.97 Å². The first-order valence-corrected chi connectivity index (χ1v) is 11.4. The van der Waals surface area contributed by atoms with Gasteiger partial charge in [0.25, 0.3) is 5.56 Å². The van der Waals surface area contributed by atoms with Crippen molar-refractivity contribution in [1.82, 2.24) is 9.97 Å². The van der Waals surface area contributed by atoms with Gasteiger partial charge in [0.1, 0.15) is 18.1 Å². The van der Waals surface area contributed by atoms with Crippen molar-refractivity contribution in [3.05, 3.63) is 95.3 Å². The molecule has 4 aromatic rings. The van der Waals surface area contributed by atoms with Crippen molar-refractivity contribution < 1.29 is 14.3 Å². The number of hydrogen-bond donors (Lipinski definition) is 1. The molecule has 0 unspecified atom stereocenters. The number of H-pyrrole nitrogens is 1. The highest BCUT2D eigenvalue weighted by atomic mass is 32.1. The minimum Gasteiger partial charge on any atom is -0.497 e. The number of nitrogens with zero attached hydrogens (tertiary/aromatic N) is 1. The minimum absolute atomic E-state index is 0.187. The number of aromatic nitrogens is 2. The Hall–Kier alpha value is -3.49. The van der Waals surface area contributed by atoms with Gasteiger partial charge in [-0.2, -0.15) is 0 Å². The number of thiazole rings is 2. The summed E-state index contributed by atoms with van der Waals surface area (Å²) in [4.78, 5) is 31.9. The standard InChI is InChI=1S/C24H20N2O4S2/c1-15-25-18(14-31-15)13-30-20-7-3-16(4-8-20)11-22-24(28)26-23(32-22)12-21(27)17-5-9-19(29-2)10-6-17/h3-12,14H,13H2,1-2H3,(H,26,28). The first-order valence-electron chi connectivity index (χ1n) is 9.75. The van der Waals surface area contributed by atoms with Gasteiger partial charge in [-0.25, -0.2) is 4.98 Å². The molecule has 4 rings (SSSR count). The third kappa shape index (κ3) is 5.40. The number of methoxy groups -OCH3 is 1. The molecule has 32 heavy (non-hydrogen) atoms. The van der Waals surface area contributed by atoms with Gasteiger partial charge in [-0.3, -0.25) is 9.59 Å². The maximum absolute atomic E-state index is 12.5. The number of ketones is 1. The van der Waals surface area contributed by atoms with E-state index in [4.69, 9.17) is 9.47 Å². The monoisotopic (exact) mass is 464 g/mol. The molecule has 0 spiro atoms. The Balaban J connectivity index is 1.48. The van der Waals surface area contributed by atoms with Crippen molar-refractivity contribution in [2.75, 3.05) is 7.11 Å². The van der Waals surface area contributed by atoms with Gasteiger partial charge in [-0.1, -0.05) is 12.1 Å². The smallest absolute Gasteiger partial charge is 0.266 e. The molecule has 6 nitrogen and oxygen atoms in total. The van der Waals surface area contributed by atoms with E-state index in [1.54, 1.807) is 48.8 Å². The van der Waals surface area contributed by atoms with Crippen molar-refractivity contribution in [1.29, 1.82) is 0 Å². The molecule has 0 amide bonds. The third-order valence-electron chi connectivity index (χ3n) is 4.55. The molecule has 2 aromatic carbocycles. The van der Waals surface area contributed by atoms with E-state index in [9.17, 15) is 9.59 Å². The van der Waals surface area contributed by atoms with Crippen LogP contribution in [0.15, 0.2) is 58.7 Å². The van der Waals surface area contributed by atoms with E-state index in [0.29, 0.717) is 27.1 Å². The zero-order chi connectivity index (χ0) is 22.5. The van der Waals surface area contributed by atoms with Gasteiger partial charge in [0.05, 0.1) is 27.0 Å². The molecule has 0 radical (unpaired) electrons. The lowest BCUT2D eigenvalue weighted by Gasteiger charge is -2.04. The molecule has 0 atom stereocenters. The van der Waals surface area contributed by atoms with Gasteiger partial charge in [0.15, 0.2) is 5.78 Å². The number of aryl methyl sites for hydroxylation is 1. The Morgan fingerprint density at radius 3 is 2.47 bits per heavy atom. The topological polar surface area (TPSA) is 81.3 Å². The predicted octanol–water partition coefficient (Wildman–Crippen LogP) is 3.28. The Bertz CT molecular complexity index is 1400. The number of carbonyl (C=O) groups excluding carboxylic acids is 1. The maximum Gasteiger partial charge on any atom is 0.266 e. The maximum atomic E-state index is 12.5. The summed E-state index contributed by atoms with van der Waals surface area (Å²) in [7, 11) is 1.57. The van der Waals surface area contributed by atoms with Crippen LogP contribution in [-0.4, -0.2) is 22.9 Å². The third-order valence-corrected chi connectivity index (χ3v) is 6.33. The number of hydrogen-bond acceptors (Lipinski definition) is 7. The van der Waals surface area contributed by atoms with Crippen LogP contribution < -0.4 is 24.2 Å². The van der Waals surface area contributed by atoms with Crippen LogP contribution in [0.1, 0.15) is 26.6 Å². The van der Waals surface area contributed by atoms with Crippen molar-refractivity contribution in [2.24, 2.45) is 0 Å². The lowest BCUT2D eigenvalue weighted by molar-refractivity contribution is 0.106. The molecule has 162 valence electrons. The Labute approximate surface area is 192 Å². The molecule has 0 saturated heterocycles. The van der Waals surface area contributed by atoms with Crippen molar-refractivity contribution in [3.8, 4) is 11.5 Å². The summed E-state index contributed by atoms with van der Waals surface area (Å²) >= 11 is 2.83. The highest BCUT2D eigenvalue weighted by molar-refractivity contribution is 7.09. The van der Waals surface area contributed by atoms with Crippen LogP contribution in [-0.2, 0) is 6.61 Å². The lowest BCUT2D eigenvalue weighted by atomic mass is 10.1. The molecule has 0 bridgehead atoms. The second-order valence-electron chi connectivity index (χ2n) is 6.88. The first kappa shape index (κ1) is 21.7. The Kier molecular flexibility index (Phi) is 6.63. The largest absolute Gasteiger partial charge is 0.497 e. The highest BCUT2D eigenvalue weighted by Crippen LogP contribution is 2.16. The molecule has 1 N–H and O–H groups in total. The summed E-state index contributed by atoms with van der Waals surface area (Å²) < 4.78 is 11.9. The van der Waals surface area contributed by atoms with E-state index in [-0.39, 0.29) is 11.3 Å². The second kappa shape index (κ2) is 9.76. The fraction of sp³-hybridized carbons (Fsp3) is 0.125. The minimum atomic E-state index is -0.233. The summed E-state index contributed by atoms with van der Waals surface area (Å²) in [5.41, 5.74) is 2.06. The predicted molar refractivity (Wildman–Crippen MR) is 127 cm³/mol. The molecule has 8 heteroatoms. The second-order valence-corrected chi connectivity index (χ2v) is 9.03. The number of rotatable bonds is 7. The van der Waals surface area contributed by atoms with Crippen LogP contribution in [0.5, 0.6) is 11.5 Å². The summed E-state index contributed by atoms with van der Waals surface area (Å²) in [6.07, 6.45) is 3.22. The molecule has 0 aliphatic rings. The number of benzene rings is 2. The molecule has 2 aromatic heterocycles. The van der Waals surface area contributed by atoms with Gasteiger partial charge < -0.3 is 14.5 Å². The number of nitrogens with one attached hydrogen (secondary N) is 1. The average molecular weight is 465 g/mol. The van der Waals surface area contributed by atoms with E-state index in [0.717, 1.165) is 22.0 Å². The van der Waals surface area contributed by atoms with Gasteiger partial charge in [-0.05, 0) is 55.0 Å². The van der Waals surface area contributed by atoms with Crippen LogP contribution in [0, 0.1) is 6.92 Å². The number of aromatic amines is 1. The van der Waals surface area contributed by atoms with Crippen LogP contribution in [0.4, 0.5) is 0 Å². The van der Waals surface area contributed by atoms with Gasteiger partial charge >= 0.3 is 0 Å². The summed E-state index contributed by atoms with van der Waals surface area (Å²) in [5.74, 6) is 1.22. The summed E-state index contributed by atoms with van der Waals surface area (Å²) in [5, 5.41) is 2.99. The normalized spacial score (nSPS) is 12.2. The van der Waals surface area contributed by atoms with Crippen molar-refractivity contribution >= 4 is 40.6 Å². The summed E-state index contributed by atoms with van der Waals surface area (Å²) in [6.45, 7) is 2.38. The van der Waals surface area contributed by atoms with Gasteiger partial charge in [0.2, 0.25) is 0 Å². The zero-order valence-corrected chi connectivity index (χ0v) is 19.1. The molecule has 0 fully saturated rings. The molecule has 2 heterocycles. The molecule has 0 aliphatic heterocycles. The average Bonchev–Trinajstić information content (AvgIpc) is 3.37. The van der Waals surface area contributed by atoms with E-state index < -0.39 is 0 Å². The Morgan fingerprint density at radius 2 is 1.81 bits per heavy atom. The lowest BCUT2D eigenvalue weighted by Crippen LogP contribution is -2.20. The van der Waals surface area contributed by atoms with Crippen LogP contribution in [0.2, 0.25) is 0 Å². The van der Waals surface area contributed by atoms with Crippen molar-refractivity contribution in [3.63, 3.8) is 0 Å². The molecule has 0 saturated carbocycles. The fourth-order valence-electron chi connectivity index (χ4n) is 2.93. The quantitative estimate of drug-likeness (QED) is 0.425. The number of carbonyl (C=O) groups is 1. The van der Waals surface area contributed by atoms with Crippen LogP contribution >= 0.6 is 22.7 Å². The Morgan fingerprint density at radius 1 is 1.09 bits per heavy atom. The number of Topliss-reactive ketones (excluding diaryl/α,β-unsaturated/α-hetero) is 1. The van der Waals surface area contributed by atoms with Crippen molar-refractivity contribution in [2.45, 2.75) is 13.5 Å². The molecule has 0 aliphatic carbocycles. The van der Waals surface area contributed by atoms with Gasteiger partial charge in [-0.15, -0.1) is 22.7 Å². The SMILES string of the molecule is COc1ccc(C(=O)C=c2[nH]c(=O)c(=Cc3ccc(OCc4csc(C)n4)cc3)s2)cc1. The van der Waals surface area contributed by atoms with Crippen LogP contribution in [0.25, 0.3) is 12.2 Å². The fourth-order valence-corrected chi connectivity index (χ4v) is 4.41.